The second-order valence-corrected chi connectivity index (χ2v) is 7.02. The summed E-state index contributed by atoms with van der Waals surface area (Å²) in [6.07, 6.45) is 1.76. The van der Waals surface area contributed by atoms with Crippen molar-refractivity contribution in [1.82, 2.24) is 4.90 Å². The average molecular weight is 412 g/mol. The maximum absolute atomic E-state index is 12.8. The highest BCUT2D eigenvalue weighted by Gasteiger charge is 2.32. The number of thioether (sulfide) groups is 1. The van der Waals surface area contributed by atoms with E-state index >= 15 is 0 Å². The molecule has 3 rings (SSSR count). The van der Waals surface area contributed by atoms with E-state index in [0.29, 0.717) is 33.8 Å². The van der Waals surface area contributed by atoms with E-state index in [1.807, 2.05) is 6.92 Å². The first-order valence-electron chi connectivity index (χ1n) is 8.82. The molecule has 7 nitrogen and oxygen atoms in total. The molecule has 1 saturated heterocycles. The molecule has 0 atom stereocenters. The number of benzene rings is 2. The van der Waals surface area contributed by atoms with E-state index in [0.717, 1.165) is 5.56 Å². The number of carbonyl (C=O) groups excluding carboxylic acids is 1. The number of carbonyl (C=O) groups is 2. The molecular weight excluding hydrogens is 392 g/mol. The van der Waals surface area contributed by atoms with Crippen molar-refractivity contribution in [2.75, 3.05) is 20.8 Å². The maximum atomic E-state index is 12.8. The lowest BCUT2D eigenvalue weighted by Crippen LogP contribution is -2.28. The quantitative estimate of drug-likeness (QED) is 0.721. The summed E-state index contributed by atoms with van der Waals surface area (Å²) in [7, 11) is 3.15. The molecule has 1 aliphatic heterocycles. The highest BCUT2D eigenvalue weighted by atomic mass is 32.2. The van der Waals surface area contributed by atoms with Gasteiger partial charge >= 0.3 is 5.97 Å². The number of aromatic carboxylic acids is 1. The fourth-order valence-electron chi connectivity index (χ4n) is 2.75. The second-order valence-electron chi connectivity index (χ2n) is 6.01. The molecule has 0 saturated carbocycles. The van der Waals surface area contributed by atoms with Gasteiger partial charge in [-0.05, 0) is 67.2 Å². The zero-order valence-electron chi connectivity index (χ0n) is 16.2. The molecule has 1 aliphatic rings. The zero-order valence-corrected chi connectivity index (χ0v) is 17.0. The van der Waals surface area contributed by atoms with Crippen LogP contribution >= 0.6 is 11.8 Å². The molecule has 0 aliphatic carbocycles. The van der Waals surface area contributed by atoms with E-state index in [9.17, 15) is 9.59 Å². The van der Waals surface area contributed by atoms with Crippen LogP contribution in [0.15, 0.2) is 52.4 Å². The van der Waals surface area contributed by atoms with Crippen LogP contribution in [-0.2, 0) is 4.79 Å². The number of carboxylic acid groups (broad SMARTS) is 1. The number of aliphatic imine (C=N–C) groups is 1. The lowest BCUT2D eigenvalue weighted by molar-refractivity contribution is -0.122. The second kappa shape index (κ2) is 8.83. The van der Waals surface area contributed by atoms with Crippen LogP contribution in [0.4, 0.5) is 5.69 Å². The van der Waals surface area contributed by atoms with E-state index < -0.39 is 5.97 Å². The number of carboxylic acids is 1. The van der Waals surface area contributed by atoms with Gasteiger partial charge in [-0.2, -0.15) is 0 Å². The van der Waals surface area contributed by atoms with Crippen LogP contribution in [0.25, 0.3) is 6.08 Å². The van der Waals surface area contributed by atoms with Crippen molar-refractivity contribution in [1.29, 1.82) is 0 Å². The van der Waals surface area contributed by atoms with Crippen LogP contribution in [-0.4, -0.2) is 47.8 Å². The van der Waals surface area contributed by atoms with Gasteiger partial charge in [0.2, 0.25) is 0 Å². The van der Waals surface area contributed by atoms with Gasteiger partial charge in [-0.25, -0.2) is 9.79 Å². The molecule has 1 N–H and O–H groups in total. The number of nitrogens with zero attached hydrogens (tertiary/aromatic N) is 2. The number of hydrogen-bond donors (Lipinski definition) is 1. The summed E-state index contributed by atoms with van der Waals surface area (Å²) in [5.74, 6) is 0.141. The minimum absolute atomic E-state index is 0.150. The van der Waals surface area contributed by atoms with Crippen molar-refractivity contribution in [3.8, 4) is 11.5 Å². The molecule has 2 aromatic carbocycles. The minimum Gasteiger partial charge on any atom is -0.497 e. The average Bonchev–Trinajstić information content (AvgIpc) is 3.02. The molecule has 0 unspecified atom stereocenters. The molecule has 150 valence electrons. The summed E-state index contributed by atoms with van der Waals surface area (Å²) in [5.41, 5.74) is 1.48. The Morgan fingerprint density at radius 2 is 1.90 bits per heavy atom. The van der Waals surface area contributed by atoms with Crippen LogP contribution in [0, 0.1) is 0 Å². The third-order valence-electron chi connectivity index (χ3n) is 4.27. The summed E-state index contributed by atoms with van der Waals surface area (Å²) in [4.78, 5) is 30.5. The minimum atomic E-state index is -0.998. The first-order chi connectivity index (χ1) is 14.0. The van der Waals surface area contributed by atoms with E-state index in [-0.39, 0.29) is 11.5 Å². The zero-order chi connectivity index (χ0) is 21.0. The lowest BCUT2D eigenvalue weighted by atomic mass is 10.1. The third-order valence-corrected chi connectivity index (χ3v) is 5.27. The van der Waals surface area contributed by atoms with Gasteiger partial charge in [0, 0.05) is 12.1 Å². The van der Waals surface area contributed by atoms with Gasteiger partial charge in [-0.15, -0.1) is 0 Å². The predicted molar refractivity (Wildman–Crippen MR) is 113 cm³/mol. The molecule has 0 aromatic heterocycles. The molecule has 8 heteroatoms. The van der Waals surface area contributed by atoms with Crippen molar-refractivity contribution in [2.45, 2.75) is 6.92 Å². The number of likely N-dealkylation sites (N-methyl/N-ethyl adjacent to an activating group) is 1. The Hall–Kier alpha value is -3.26. The van der Waals surface area contributed by atoms with Crippen LogP contribution in [0.5, 0.6) is 11.5 Å². The SMILES string of the molecule is CCN1C(=O)/C(=C/c2cc(OC)ccc2OC)SC1=Nc1ccc(C(=O)O)cc1. The molecule has 0 radical (unpaired) electrons. The van der Waals surface area contributed by atoms with Gasteiger partial charge in [-0.1, -0.05) is 0 Å². The molecule has 2 aromatic rings. The molecular formula is C21H20N2O5S. The summed E-state index contributed by atoms with van der Waals surface area (Å²) in [6, 6.07) is 11.6. The first-order valence-corrected chi connectivity index (χ1v) is 9.64. The molecule has 1 heterocycles. The van der Waals surface area contributed by atoms with E-state index in [1.54, 1.807) is 55.5 Å². The van der Waals surface area contributed by atoms with Crippen LogP contribution in [0.3, 0.4) is 0 Å². The highest BCUT2D eigenvalue weighted by molar-refractivity contribution is 8.18. The van der Waals surface area contributed by atoms with Crippen molar-refractivity contribution in [3.63, 3.8) is 0 Å². The Labute approximate surface area is 172 Å². The van der Waals surface area contributed by atoms with E-state index in [2.05, 4.69) is 4.99 Å². The normalized spacial score (nSPS) is 16.5. The fourth-order valence-corrected chi connectivity index (χ4v) is 3.81. The number of amidine groups is 1. The number of hydrogen-bond acceptors (Lipinski definition) is 6. The van der Waals surface area contributed by atoms with Gasteiger partial charge in [-0.3, -0.25) is 9.69 Å². The Bertz CT molecular complexity index is 999. The van der Waals surface area contributed by atoms with Crippen molar-refractivity contribution in [3.05, 3.63) is 58.5 Å². The first kappa shape index (κ1) is 20.5. The smallest absolute Gasteiger partial charge is 0.335 e. The van der Waals surface area contributed by atoms with Crippen molar-refractivity contribution >= 4 is 40.6 Å². The van der Waals surface area contributed by atoms with Gasteiger partial charge in [0.25, 0.3) is 5.91 Å². The molecule has 1 amide bonds. The Balaban J connectivity index is 1.95. The monoisotopic (exact) mass is 412 g/mol. The largest absolute Gasteiger partial charge is 0.497 e. The Kier molecular flexibility index (Phi) is 6.23. The maximum Gasteiger partial charge on any atom is 0.335 e. The Morgan fingerprint density at radius 3 is 2.48 bits per heavy atom. The van der Waals surface area contributed by atoms with Crippen LogP contribution < -0.4 is 9.47 Å². The van der Waals surface area contributed by atoms with Gasteiger partial charge in [0.05, 0.1) is 30.4 Å². The van der Waals surface area contributed by atoms with E-state index in [1.165, 1.54) is 23.9 Å². The molecule has 29 heavy (non-hydrogen) atoms. The summed E-state index contributed by atoms with van der Waals surface area (Å²) >= 11 is 1.26. The molecule has 0 spiro atoms. The summed E-state index contributed by atoms with van der Waals surface area (Å²) in [5, 5.41) is 9.55. The number of methoxy groups -OCH3 is 2. The molecule has 1 fully saturated rings. The van der Waals surface area contributed by atoms with Crippen molar-refractivity contribution in [2.24, 2.45) is 4.99 Å². The Morgan fingerprint density at radius 1 is 1.17 bits per heavy atom. The summed E-state index contributed by atoms with van der Waals surface area (Å²) in [6.45, 7) is 2.33. The number of ether oxygens (including phenoxy) is 2. The third kappa shape index (κ3) is 4.43. The summed E-state index contributed by atoms with van der Waals surface area (Å²) < 4.78 is 10.6. The van der Waals surface area contributed by atoms with Crippen LogP contribution in [0.1, 0.15) is 22.8 Å². The van der Waals surface area contributed by atoms with Gasteiger partial charge in [0.15, 0.2) is 5.17 Å². The van der Waals surface area contributed by atoms with Crippen molar-refractivity contribution < 1.29 is 24.2 Å². The van der Waals surface area contributed by atoms with E-state index in [4.69, 9.17) is 14.6 Å². The number of rotatable bonds is 6. The number of amides is 1. The standard InChI is InChI=1S/C21H20N2O5S/c1-4-23-19(24)18(12-14-11-16(27-2)9-10-17(14)28-3)29-21(23)22-15-7-5-13(6-8-15)20(25)26/h5-12H,4H2,1-3H3,(H,25,26)/b18-12-,22-21?. The van der Waals surface area contributed by atoms with Gasteiger partial charge < -0.3 is 14.6 Å². The predicted octanol–water partition coefficient (Wildman–Crippen LogP) is 4.03. The highest BCUT2D eigenvalue weighted by Crippen LogP contribution is 2.36. The fraction of sp³-hybridized carbons (Fsp3) is 0.190. The van der Waals surface area contributed by atoms with Gasteiger partial charge in [0.1, 0.15) is 11.5 Å². The van der Waals surface area contributed by atoms with Crippen LogP contribution in [0.2, 0.25) is 0 Å². The topological polar surface area (TPSA) is 88.4 Å². The molecule has 0 bridgehead atoms. The lowest BCUT2D eigenvalue weighted by Gasteiger charge is -2.12.